The average Bonchev–Trinajstić information content (AvgIpc) is 3.15. The topological polar surface area (TPSA) is 101 Å². The first-order chi connectivity index (χ1) is 12.9. The number of methoxy groups -OCH3 is 1. The van der Waals surface area contributed by atoms with Gasteiger partial charge in [-0.1, -0.05) is 24.3 Å². The van der Waals surface area contributed by atoms with Gasteiger partial charge in [0.05, 0.1) is 12.7 Å². The lowest BCUT2D eigenvalue weighted by Gasteiger charge is -2.13. The lowest BCUT2D eigenvalue weighted by atomic mass is 10.1. The first kappa shape index (κ1) is 18.6. The average molecular weight is 368 g/mol. The van der Waals surface area contributed by atoms with Gasteiger partial charge in [0.15, 0.2) is 5.76 Å². The van der Waals surface area contributed by atoms with Gasteiger partial charge in [-0.2, -0.15) is 0 Å². The summed E-state index contributed by atoms with van der Waals surface area (Å²) in [5, 5.41) is 11.0. The standard InChI is InChI=1S/C20H20N2O5/c1-11-4-5-12(2)17-15(11)10-16(27-17)19(24)22-21-18(23)13-6-8-14(9-7-13)20(25)26-3/h4-10,18,21,23H,1-3H3,(H,22,24). The number of nitrogens with one attached hydrogen (secondary N) is 2. The van der Waals surface area contributed by atoms with Crippen molar-refractivity contribution in [1.82, 2.24) is 10.9 Å². The molecule has 1 amide bonds. The number of furan rings is 1. The molecule has 1 heterocycles. The highest BCUT2D eigenvalue weighted by molar-refractivity contribution is 5.97. The fourth-order valence-corrected chi connectivity index (χ4v) is 2.70. The number of amides is 1. The molecule has 0 saturated carbocycles. The molecule has 0 aliphatic rings. The van der Waals surface area contributed by atoms with Crippen LogP contribution in [0, 0.1) is 13.8 Å². The molecule has 0 spiro atoms. The number of fused-ring (bicyclic) bond motifs is 1. The van der Waals surface area contributed by atoms with Crippen molar-refractivity contribution in [3.63, 3.8) is 0 Å². The zero-order valence-electron chi connectivity index (χ0n) is 15.2. The normalized spacial score (nSPS) is 12.0. The summed E-state index contributed by atoms with van der Waals surface area (Å²) in [7, 11) is 1.29. The maximum absolute atomic E-state index is 12.3. The van der Waals surface area contributed by atoms with E-state index < -0.39 is 18.1 Å². The molecule has 7 heteroatoms. The molecule has 0 aliphatic carbocycles. The van der Waals surface area contributed by atoms with Gasteiger partial charge in [0.25, 0.3) is 0 Å². The highest BCUT2D eigenvalue weighted by Gasteiger charge is 2.16. The van der Waals surface area contributed by atoms with E-state index in [1.165, 1.54) is 19.2 Å². The third-order valence-electron chi connectivity index (χ3n) is 4.29. The molecule has 0 saturated heterocycles. The Kier molecular flexibility index (Phi) is 5.25. The maximum atomic E-state index is 12.3. The second-order valence-electron chi connectivity index (χ2n) is 6.17. The van der Waals surface area contributed by atoms with E-state index in [9.17, 15) is 14.7 Å². The monoisotopic (exact) mass is 368 g/mol. The Morgan fingerprint density at radius 1 is 1.07 bits per heavy atom. The number of esters is 1. The molecule has 1 aromatic heterocycles. The van der Waals surface area contributed by atoms with Gasteiger partial charge >= 0.3 is 11.9 Å². The molecule has 3 aromatic rings. The fraction of sp³-hybridized carbons (Fsp3) is 0.200. The van der Waals surface area contributed by atoms with Crippen LogP contribution in [0.25, 0.3) is 11.0 Å². The molecule has 0 bridgehead atoms. The van der Waals surface area contributed by atoms with Crippen molar-refractivity contribution < 1.29 is 23.8 Å². The second-order valence-corrected chi connectivity index (χ2v) is 6.17. The summed E-state index contributed by atoms with van der Waals surface area (Å²) in [6.07, 6.45) is -1.16. The van der Waals surface area contributed by atoms with Crippen LogP contribution in [-0.4, -0.2) is 24.1 Å². The minimum Gasteiger partial charge on any atom is -0.465 e. The van der Waals surface area contributed by atoms with Crippen molar-refractivity contribution in [2.24, 2.45) is 0 Å². The fourth-order valence-electron chi connectivity index (χ4n) is 2.70. The molecule has 1 unspecified atom stereocenters. The van der Waals surface area contributed by atoms with Crippen LogP contribution in [0.15, 0.2) is 46.9 Å². The van der Waals surface area contributed by atoms with E-state index in [1.807, 2.05) is 26.0 Å². The summed E-state index contributed by atoms with van der Waals surface area (Å²) in [6.45, 7) is 3.85. The number of aliphatic hydroxyl groups excluding tert-OH is 1. The van der Waals surface area contributed by atoms with Gasteiger partial charge in [-0.25, -0.2) is 10.2 Å². The van der Waals surface area contributed by atoms with Crippen molar-refractivity contribution >= 4 is 22.8 Å². The molecule has 0 aliphatic heterocycles. The quantitative estimate of drug-likeness (QED) is 0.364. The molecular formula is C20H20N2O5. The number of ether oxygens (including phenoxy) is 1. The third-order valence-corrected chi connectivity index (χ3v) is 4.29. The lowest BCUT2D eigenvalue weighted by Crippen LogP contribution is -2.39. The number of aryl methyl sites for hydroxylation is 2. The van der Waals surface area contributed by atoms with E-state index in [1.54, 1.807) is 18.2 Å². The SMILES string of the molecule is COC(=O)c1ccc(C(O)NNC(=O)c2cc3c(C)ccc(C)c3o2)cc1. The van der Waals surface area contributed by atoms with Gasteiger partial charge in [0, 0.05) is 5.39 Å². The van der Waals surface area contributed by atoms with Crippen LogP contribution >= 0.6 is 0 Å². The molecule has 0 fully saturated rings. The van der Waals surface area contributed by atoms with Gasteiger partial charge in [-0.3, -0.25) is 10.2 Å². The lowest BCUT2D eigenvalue weighted by molar-refractivity contribution is 0.0600. The molecule has 3 N–H and O–H groups in total. The maximum Gasteiger partial charge on any atom is 0.337 e. The van der Waals surface area contributed by atoms with E-state index >= 15 is 0 Å². The van der Waals surface area contributed by atoms with E-state index in [-0.39, 0.29) is 5.76 Å². The Labute approximate surface area is 155 Å². The number of carbonyl (C=O) groups excluding carboxylic acids is 2. The van der Waals surface area contributed by atoms with Crippen molar-refractivity contribution in [3.05, 3.63) is 70.5 Å². The van der Waals surface area contributed by atoms with Gasteiger partial charge < -0.3 is 14.3 Å². The first-order valence-corrected chi connectivity index (χ1v) is 8.32. The number of carbonyl (C=O) groups is 2. The Balaban J connectivity index is 1.67. The molecule has 0 radical (unpaired) electrons. The van der Waals surface area contributed by atoms with Crippen molar-refractivity contribution in [3.8, 4) is 0 Å². The third kappa shape index (κ3) is 3.84. The van der Waals surface area contributed by atoms with Crippen LogP contribution in [0.5, 0.6) is 0 Å². The molecule has 2 aromatic carbocycles. The van der Waals surface area contributed by atoms with Crippen LogP contribution in [-0.2, 0) is 4.74 Å². The summed E-state index contributed by atoms with van der Waals surface area (Å²) < 4.78 is 10.3. The second kappa shape index (κ2) is 7.61. The largest absolute Gasteiger partial charge is 0.465 e. The number of benzene rings is 2. The van der Waals surface area contributed by atoms with E-state index in [0.717, 1.165) is 16.5 Å². The Bertz CT molecular complexity index is 953. The van der Waals surface area contributed by atoms with Crippen LogP contribution in [0.4, 0.5) is 0 Å². The van der Waals surface area contributed by atoms with E-state index in [4.69, 9.17) is 4.42 Å². The first-order valence-electron chi connectivity index (χ1n) is 8.32. The molecular weight excluding hydrogens is 348 g/mol. The number of hydrazine groups is 1. The summed E-state index contributed by atoms with van der Waals surface area (Å²) >= 11 is 0. The number of rotatable bonds is 5. The number of aliphatic hydroxyl groups is 1. The van der Waals surface area contributed by atoms with Crippen LogP contribution in [0.1, 0.15) is 43.8 Å². The summed E-state index contributed by atoms with van der Waals surface area (Å²) in [4.78, 5) is 23.7. The molecule has 140 valence electrons. The minimum absolute atomic E-state index is 0.142. The van der Waals surface area contributed by atoms with Crippen molar-refractivity contribution in [1.29, 1.82) is 0 Å². The molecule has 1 atom stereocenters. The summed E-state index contributed by atoms with van der Waals surface area (Å²) in [5.41, 5.74) is 8.39. The van der Waals surface area contributed by atoms with Crippen molar-refractivity contribution in [2.75, 3.05) is 7.11 Å². The Morgan fingerprint density at radius 3 is 2.37 bits per heavy atom. The highest BCUT2D eigenvalue weighted by atomic mass is 16.5. The predicted molar refractivity (Wildman–Crippen MR) is 99.0 cm³/mol. The van der Waals surface area contributed by atoms with Crippen LogP contribution in [0.2, 0.25) is 0 Å². The number of hydrogen-bond acceptors (Lipinski definition) is 6. The van der Waals surface area contributed by atoms with Crippen LogP contribution < -0.4 is 10.9 Å². The molecule has 7 nitrogen and oxygen atoms in total. The zero-order valence-corrected chi connectivity index (χ0v) is 15.2. The molecule has 3 rings (SSSR count). The van der Waals surface area contributed by atoms with Gasteiger partial charge in [-0.05, 0) is 48.7 Å². The van der Waals surface area contributed by atoms with Crippen LogP contribution in [0.3, 0.4) is 0 Å². The summed E-state index contributed by atoms with van der Waals surface area (Å²) in [6, 6.07) is 11.7. The predicted octanol–water partition coefficient (Wildman–Crippen LogP) is 2.76. The Morgan fingerprint density at radius 2 is 1.74 bits per heavy atom. The van der Waals surface area contributed by atoms with Gasteiger partial charge in [0.2, 0.25) is 0 Å². The van der Waals surface area contributed by atoms with Gasteiger partial charge in [0.1, 0.15) is 11.8 Å². The van der Waals surface area contributed by atoms with Crippen molar-refractivity contribution in [2.45, 2.75) is 20.1 Å². The highest BCUT2D eigenvalue weighted by Crippen LogP contribution is 2.25. The smallest absolute Gasteiger partial charge is 0.337 e. The zero-order chi connectivity index (χ0) is 19.6. The number of hydrogen-bond donors (Lipinski definition) is 3. The van der Waals surface area contributed by atoms with Gasteiger partial charge in [-0.15, -0.1) is 0 Å². The van der Waals surface area contributed by atoms with E-state index in [0.29, 0.717) is 16.7 Å². The van der Waals surface area contributed by atoms with E-state index in [2.05, 4.69) is 15.6 Å². The summed E-state index contributed by atoms with van der Waals surface area (Å²) in [5.74, 6) is -0.828. The minimum atomic E-state index is -1.16. The molecule has 27 heavy (non-hydrogen) atoms. The Hall–Kier alpha value is -3.16.